The smallest absolute Gasteiger partial charge is 0.246 e. The molecular formula is C28H28N2O2. The number of nitrogens with zero attached hydrogens (tertiary/aromatic N) is 1. The van der Waals surface area contributed by atoms with Gasteiger partial charge in [0.2, 0.25) is 11.8 Å². The second kappa shape index (κ2) is 10.6. The molecule has 0 atom stereocenters. The SMILES string of the molecule is O=C(NC1CCN(C(=O)/C=C/c2ccccc2)CC1)C(c1ccccc1)c1ccccc1. The fourth-order valence-electron chi connectivity index (χ4n) is 4.15. The molecule has 2 amide bonds. The molecule has 1 aliphatic heterocycles. The van der Waals surface area contributed by atoms with Gasteiger partial charge in [0.25, 0.3) is 0 Å². The summed E-state index contributed by atoms with van der Waals surface area (Å²) >= 11 is 0. The van der Waals surface area contributed by atoms with E-state index in [1.807, 2.05) is 102 Å². The van der Waals surface area contributed by atoms with Gasteiger partial charge in [-0.15, -0.1) is 0 Å². The molecule has 4 nitrogen and oxygen atoms in total. The van der Waals surface area contributed by atoms with E-state index < -0.39 is 0 Å². The number of rotatable bonds is 6. The molecule has 0 aromatic heterocycles. The minimum absolute atomic E-state index is 0.0103. The molecule has 1 aliphatic rings. The van der Waals surface area contributed by atoms with Gasteiger partial charge in [0, 0.05) is 25.2 Å². The third-order valence-corrected chi connectivity index (χ3v) is 5.90. The predicted molar refractivity (Wildman–Crippen MR) is 128 cm³/mol. The molecule has 4 heteroatoms. The maximum absolute atomic E-state index is 13.3. The molecule has 0 unspecified atom stereocenters. The summed E-state index contributed by atoms with van der Waals surface area (Å²) in [6, 6.07) is 29.7. The van der Waals surface area contributed by atoms with Gasteiger partial charge in [0.05, 0.1) is 5.92 Å². The Kier molecular flexibility index (Phi) is 7.13. The Morgan fingerprint density at radius 2 is 1.28 bits per heavy atom. The molecule has 1 N–H and O–H groups in total. The molecule has 4 rings (SSSR count). The van der Waals surface area contributed by atoms with Gasteiger partial charge in [-0.05, 0) is 35.6 Å². The summed E-state index contributed by atoms with van der Waals surface area (Å²) < 4.78 is 0. The maximum Gasteiger partial charge on any atom is 0.246 e. The molecule has 0 aliphatic carbocycles. The number of benzene rings is 3. The van der Waals surface area contributed by atoms with Gasteiger partial charge in [0.1, 0.15) is 0 Å². The fraction of sp³-hybridized carbons (Fsp3) is 0.214. The van der Waals surface area contributed by atoms with Crippen LogP contribution in [-0.2, 0) is 9.59 Å². The number of hydrogen-bond donors (Lipinski definition) is 1. The number of carbonyl (C=O) groups excluding carboxylic acids is 2. The Morgan fingerprint density at radius 1 is 0.781 bits per heavy atom. The second-order valence-corrected chi connectivity index (χ2v) is 8.11. The van der Waals surface area contributed by atoms with Crippen molar-refractivity contribution in [3.8, 4) is 0 Å². The lowest BCUT2D eigenvalue weighted by Crippen LogP contribution is -2.47. The number of likely N-dealkylation sites (tertiary alicyclic amines) is 1. The monoisotopic (exact) mass is 424 g/mol. The van der Waals surface area contributed by atoms with Crippen LogP contribution in [0.25, 0.3) is 6.08 Å². The number of piperidine rings is 1. The molecule has 1 heterocycles. The van der Waals surface area contributed by atoms with Gasteiger partial charge in [-0.25, -0.2) is 0 Å². The standard InChI is InChI=1S/C28H28N2O2/c31-26(17-16-22-10-4-1-5-11-22)30-20-18-25(19-21-30)29-28(32)27(23-12-6-2-7-13-23)24-14-8-3-9-15-24/h1-17,25,27H,18-21H2,(H,29,32)/b17-16+. The van der Waals surface area contributed by atoms with E-state index in [0.29, 0.717) is 13.1 Å². The predicted octanol–water partition coefficient (Wildman–Crippen LogP) is 4.64. The third kappa shape index (κ3) is 5.52. The highest BCUT2D eigenvalue weighted by atomic mass is 16.2. The Morgan fingerprint density at radius 3 is 1.81 bits per heavy atom. The topological polar surface area (TPSA) is 49.4 Å². The van der Waals surface area contributed by atoms with Crippen molar-refractivity contribution in [3.63, 3.8) is 0 Å². The first-order chi connectivity index (χ1) is 15.7. The summed E-state index contributed by atoms with van der Waals surface area (Å²) in [6.07, 6.45) is 5.00. The quantitative estimate of drug-likeness (QED) is 0.586. The number of amides is 2. The van der Waals surface area contributed by atoms with Crippen molar-refractivity contribution in [2.75, 3.05) is 13.1 Å². The van der Waals surface area contributed by atoms with Crippen LogP contribution in [0.3, 0.4) is 0 Å². The first kappa shape index (κ1) is 21.6. The Bertz CT molecular complexity index is 1000. The van der Waals surface area contributed by atoms with Crippen molar-refractivity contribution in [2.24, 2.45) is 0 Å². The minimum Gasteiger partial charge on any atom is -0.352 e. The van der Waals surface area contributed by atoms with Crippen molar-refractivity contribution in [2.45, 2.75) is 24.8 Å². The molecule has 1 saturated heterocycles. The van der Waals surface area contributed by atoms with Crippen LogP contribution in [-0.4, -0.2) is 35.8 Å². The maximum atomic E-state index is 13.3. The molecule has 32 heavy (non-hydrogen) atoms. The number of nitrogens with one attached hydrogen (secondary N) is 1. The summed E-state index contributed by atoms with van der Waals surface area (Å²) in [5, 5.41) is 3.24. The van der Waals surface area contributed by atoms with E-state index >= 15 is 0 Å². The molecule has 0 bridgehead atoms. The summed E-state index contributed by atoms with van der Waals surface area (Å²) in [6.45, 7) is 1.29. The second-order valence-electron chi connectivity index (χ2n) is 8.11. The largest absolute Gasteiger partial charge is 0.352 e. The molecule has 0 saturated carbocycles. The summed E-state index contributed by atoms with van der Waals surface area (Å²) in [4.78, 5) is 27.7. The molecule has 162 valence electrons. The lowest BCUT2D eigenvalue weighted by atomic mass is 9.90. The summed E-state index contributed by atoms with van der Waals surface area (Å²) in [5.74, 6) is -0.313. The Hall–Kier alpha value is -3.66. The average Bonchev–Trinajstić information content (AvgIpc) is 2.85. The molecule has 3 aromatic carbocycles. The average molecular weight is 425 g/mol. The van der Waals surface area contributed by atoms with Crippen LogP contribution in [0.4, 0.5) is 0 Å². The van der Waals surface area contributed by atoms with E-state index in [9.17, 15) is 9.59 Å². The zero-order valence-electron chi connectivity index (χ0n) is 18.1. The van der Waals surface area contributed by atoms with Gasteiger partial charge in [-0.3, -0.25) is 9.59 Å². The van der Waals surface area contributed by atoms with Crippen LogP contribution >= 0.6 is 0 Å². The van der Waals surface area contributed by atoms with Crippen molar-refractivity contribution in [1.29, 1.82) is 0 Å². The number of hydrogen-bond acceptors (Lipinski definition) is 2. The van der Waals surface area contributed by atoms with E-state index in [1.54, 1.807) is 6.08 Å². The van der Waals surface area contributed by atoms with Gasteiger partial charge in [-0.2, -0.15) is 0 Å². The fourth-order valence-corrected chi connectivity index (χ4v) is 4.15. The summed E-state index contributed by atoms with van der Waals surface area (Å²) in [7, 11) is 0. The first-order valence-electron chi connectivity index (χ1n) is 11.1. The van der Waals surface area contributed by atoms with Gasteiger partial charge in [0.15, 0.2) is 0 Å². The Balaban J connectivity index is 1.36. The van der Waals surface area contributed by atoms with E-state index in [0.717, 1.165) is 29.5 Å². The van der Waals surface area contributed by atoms with Crippen molar-refractivity contribution >= 4 is 17.9 Å². The van der Waals surface area contributed by atoms with Crippen LogP contribution in [0.2, 0.25) is 0 Å². The highest BCUT2D eigenvalue weighted by Gasteiger charge is 2.27. The normalized spacial score (nSPS) is 14.6. The van der Waals surface area contributed by atoms with Gasteiger partial charge >= 0.3 is 0 Å². The van der Waals surface area contributed by atoms with Crippen molar-refractivity contribution < 1.29 is 9.59 Å². The Labute approximate surface area is 189 Å². The van der Waals surface area contributed by atoms with E-state index in [4.69, 9.17) is 0 Å². The van der Waals surface area contributed by atoms with Crippen LogP contribution in [0, 0.1) is 0 Å². The molecule has 0 radical (unpaired) electrons. The van der Waals surface area contributed by atoms with Crippen LogP contribution in [0.1, 0.15) is 35.4 Å². The van der Waals surface area contributed by atoms with Crippen LogP contribution in [0.15, 0.2) is 97.1 Å². The van der Waals surface area contributed by atoms with Gasteiger partial charge in [-0.1, -0.05) is 91.0 Å². The van der Waals surface area contributed by atoms with Crippen LogP contribution in [0.5, 0.6) is 0 Å². The van der Waals surface area contributed by atoms with E-state index in [1.165, 1.54) is 0 Å². The van der Waals surface area contributed by atoms with E-state index in [-0.39, 0.29) is 23.8 Å². The zero-order chi connectivity index (χ0) is 22.2. The first-order valence-corrected chi connectivity index (χ1v) is 11.1. The van der Waals surface area contributed by atoms with E-state index in [2.05, 4.69) is 5.32 Å². The van der Waals surface area contributed by atoms with Crippen LogP contribution < -0.4 is 5.32 Å². The lowest BCUT2D eigenvalue weighted by molar-refractivity contribution is -0.127. The lowest BCUT2D eigenvalue weighted by Gasteiger charge is -2.32. The molecule has 1 fully saturated rings. The minimum atomic E-state index is -0.342. The summed E-state index contributed by atoms with van der Waals surface area (Å²) in [5.41, 5.74) is 2.97. The van der Waals surface area contributed by atoms with Crippen molar-refractivity contribution in [3.05, 3.63) is 114 Å². The van der Waals surface area contributed by atoms with Crippen molar-refractivity contribution in [1.82, 2.24) is 10.2 Å². The zero-order valence-corrected chi connectivity index (χ0v) is 18.1. The molecule has 3 aromatic rings. The highest BCUT2D eigenvalue weighted by Crippen LogP contribution is 2.25. The van der Waals surface area contributed by atoms with Gasteiger partial charge < -0.3 is 10.2 Å². The third-order valence-electron chi connectivity index (χ3n) is 5.90. The molecule has 0 spiro atoms. The molecular weight excluding hydrogens is 396 g/mol. The highest BCUT2D eigenvalue weighted by molar-refractivity contribution is 5.92. The number of carbonyl (C=O) groups is 2.